The maximum absolute atomic E-state index is 5.67. The van der Waals surface area contributed by atoms with E-state index in [0.29, 0.717) is 10.7 Å². The summed E-state index contributed by atoms with van der Waals surface area (Å²) in [5.41, 5.74) is 1.63. The number of pyridine rings is 1. The Kier molecular flexibility index (Phi) is 1.73. The molecule has 0 bridgehead atoms. The van der Waals surface area contributed by atoms with Crippen LogP contribution in [0.3, 0.4) is 0 Å². The Bertz CT molecular complexity index is 410. The Morgan fingerprint density at radius 1 is 1.58 bits per heavy atom. The van der Waals surface area contributed by atoms with E-state index in [1.165, 1.54) is 0 Å². The molecule has 2 aromatic heterocycles. The number of aromatic nitrogens is 2. The number of hydrogen-bond donors (Lipinski definition) is 0. The lowest BCUT2D eigenvalue weighted by Crippen LogP contribution is -1.79. The molecule has 2 heterocycles. The van der Waals surface area contributed by atoms with Crippen LogP contribution >= 0.6 is 11.6 Å². The SMILES string of the molecule is CCc1noc2cc(Cl)ncc12. The molecule has 0 spiro atoms. The van der Waals surface area contributed by atoms with E-state index in [4.69, 9.17) is 16.1 Å². The Morgan fingerprint density at radius 3 is 3.17 bits per heavy atom. The van der Waals surface area contributed by atoms with Crippen molar-refractivity contribution in [3.63, 3.8) is 0 Å². The molecule has 0 aliphatic carbocycles. The third kappa shape index (κ3) is 1.06. The fourth-order valence-electron chi connectivity index (χ4n) is 1.11. The molecule has 4 heteroatoms. The Balaban J connectivity index is 2.73. The maximum Gasteiger partial charge on any atom is 0.171 e. The minimum absolute atomic E-state index is 0.432. The van der Waals surface area contributed by atoms with Crippen LogP contribution in [0.1, 0.15) is 12.6 Å². The molecule has 0 unspecified atom stereocenters. The van der Waals surface area contributed by atoms with Gasteiger partial charge in [0.05, 0.1) is 11.1 Å². The van der Waals surface area contributed by atoms with Gasteiger partial charge < -0.3 is 4.52 Å². The van der Waals surface area contributed by atoms with Gasteiger partial charge in [-0.25, -0.2) is 4.98 Å². The highest BCUT2D eigenvalue weighted by Gasteiger charge is 2.06. The maximum atomic E-state index is 5.67. The zero-order chi connectivity index (χ0) is 8.55. The second-order valence-electron chi connectivity index (χ2n) is 2.49. The molecule has 2 rings (SSSR count). The number of fused-ring (bicyclic) bond motifs is 1. The van der Waals surface area contributed by atoms with E-state index in [1.807, 2.05) is 6.92 Å². The second-order valence-corrected chi connectivity index (χ2v) is 2.87. The Morgan fingerprint density at radius 2 is 2.42 bits per heavy atom. The van der Waals surface area contributed by atoms with Crippen LogP contribution in [0.5, 0.6) is 0 Å². The van der Waals surface area contributed by atoms with Crippen molar-refractivity contribution in [3.05, 3.63) is 23.1 Å². The van der Waals surface area contributed by atoms with Crippen LogP contribution < -0.4 is 0 Å². The smallest absolute Gasteiger partial charge is 0.171 e. The molecule has 2 aromatic rings. The van der Waals surface area contributed by atoms with E-state index >= 15 is 0 Å². The number of halogens is 1. The number of nitrogens with zero attached hydrogens (tertiary/aromatic N) is 2. The Hall–Kier alpha value is -1.09. The van der Waals surface area contributed by atoms with E-state index in [2.05, 4.69) is 10.1 Å². The summed E-state index contributed by atoms with van der Waals surface area (Å²) in [5, 5.41) is 5.26. The van der Waals surface area contributed by atoms with Crippen LogP contribution in [0.4, 0.5) is 0 Å². The van der Waals surface area contributed by atoms with Gasteiger partial charge in [-0.2, -0.15) is 0 Å². The van der Waals surface area contributed by atoms with Crippen molar-refractivity contribution in [1.29, 1.82) is 0 Å². The fourth-order valence-corrected chi connectivity index (χ4v) is 1.26. The van der Waals surface area contributed by atoms with Crippen molar-refractivity contribution in [1.82, 2.24) is 10.1 Å². The molecule has 0 radical (unpaired) electrons. The largest absolute Gasteiger partial charge is 0.356 e. The van der Waals surface area contributed by atoms with E-state index < -0.39 is 0 Å². The standard InChI is InChI=1S/C8H7ClN2O/c1-2-6-5-4-10-8(9)3-7(5)12-11-6/h3-4H,2H2,1H3. The average Bonchev–Trinajstić information content (AvgIpc) is 2.46. The summed E-state index contributed by atoms with van der Waals surface area (Å²) in [5.74, 6) is 0. The van der Waals surface area contributed by atoms with Gasteiger partial charge >= 0.3 is 0 Å². The molecule has 0 aliphatic heterocycles. The molecule has 0 aromatic carbocycles. The molecule has 62 valence electrons. The van der Waals surface area contributed by atoms with Crippen LogP contribution in [0.25, 0.3) is 11.0 Å². The van der Waals surface area contributed by atoms with E-state index in [-0.39, 0.29) is 0 Å². The van der Waals surface area contributed by atoms with Crippen molar-refractivity contribution >= 4 is 22.6 Å². The second kappa shape index (κ2) is 2.75. The molecule has 0 N–H and O–H groups in total. The molecule has 0 fully saturated rings. The van der Waals surface area contributed by atoms with Gasteiger partial charge in [-0.15, -0.1) is 0 Å². The van der Waals surface area contributed by atoms with Crippen molar-refractivity contribution < 1.29 is 4.52 Å². The molecule has 0 saturated carbocycles. The molecule has 0 amide bonds. The number of aryl methyl sites for hydroxylation is 1. The first kappa shape index (κ1) is 7.55. The highest BCUT2D eigenvalue weighted by molar-refractivity contribution is 6.29. The average molecular weight is 183 g/mol. The Labute approximate surface area is 74.3 Å². The van der Waals surface area contributed by atoms with Crippen LogP contribution in [0, 0.1) is 0 Å². The van der Waals surface area contributed by atoms with E-state index in [9.17, 15) is 0 Å². The van der Waals surface area contributed by atoms with E-state index in [0.717, 1.165) is 17.5 Å². The van der Waals surface area contributed by atoms with Gasteiger partial charge in [-0.05, 0) is 6.42 Å². The molecule has 12 heavy (non-hydrogen) atoms. The van der Waals surface area contributed by atoms with Crippen molar-refractivity contribution in [2.45, 2.75) is 13.3 Å². The molecule has 0 aliphatic rings. The normalized spacial score (nSPS) is 10.8. The predicted octanol–water partition coefficient (Wildman–Crippen LogP) is 2.44. The highest BCUT2D eigenvalue weighted by atomic mass is 35.5. The number of hydrogen-bond acceptors (Lipinski definition) is 3. The van der Waals surface area contributed by atoms with Gasteiger partial charge in [0, 0.05) is 12.3 Å². The van der Waals surface area contributed by atoms with Crippen molar-refractivity contribution in [2.24, 2.45) is 0 Å². The summed E-state index contributed by atoms with van der Waals surface area (Å²) >= 11 is 5.67. The highest BCUT2D eigenvalue weighted by Crippen LogP contribution is 2.20. The first-order valence-corrected chi connectivity index (χ1v) is 4.09. The summed E-state index contributed by atoms with van der Waals surface area (Å²) in [4.78, 5) is 3.95. The summed E-state index contributed by atoms with van der Waals surface area (Å²) in [6, 6.07) is 1.67. The minimum atomic E-state index is 0.432. The van der Waals surface area contributed by atoms with Crippen molar-refractivity contribution in [2.75, 3.05) is 0 Å². The van der Waals surface area contributed by atoms with Gasteiger partial charge in [0.25, 0.3) is 0 Å². The molecular weight excluding hydrogens is 176 g/mol. The third-order valence-electron chi connectivity index (χ3n) is 1.73. The monoisotopic (exact) mass is 182 g/mol. The topological polar surface area (TPSA) is 38.9 Å². The lowest BCUT2D eigenvalue weighted by molar-refractivity contribution is 0.447. The lowest BCUT2D eigenvalue weighted by Gasteiger charge is -1.88. The zero-order valence-electron chi connectivity index (χ0n) is 6.54. The van der Waals surface area contributed by atoms with E-state index in [1.54, 1.807) is 12.3 Å². The summed E-state index contributed by atoms with van der Waals surface area (Å²) in [7, 11) is 0. The predicted molar refractivity (Wildman–Crippen MR) is 46.2 cm³/mol. The van der Waals surface area contributed by atoms with Crippen LogP contribution in [0.2, 0.25) is 5.15 Å². The first-order chi connectivity index (χ1) is 5.81. The minimum Gasteiger partial charge on any atom is -0.356 e. The van der Waals surface area contributed by atoms with Crippen LogP contribution in [0.15, 0.2) is 16.8 Å². The van der Waals surface area contributed by atoms with Gasteiger partial charge in [0.1, 0.15) is 5.15 Å². The van der Waals surface area contributed by atoms with Crippen LogP contribution in [-0.4, -0.2) is 10.1 Å². The fraction of sp³-hybridized carbons (Fsp3) is 0.250. The van der Waals surface area contributed by atoms with Gasteiger partial charge in [0.15, 0.2) is 5.58 Å². The lowest BCUT2D eigenvalue weighted by atomic mass is 10.2. The summed E-state index contributed by atoms with van der Waals surface area (Å²) in [6.45, 7) is 2.02. The van der Waals surface area contributed by atoms with Gasteiger partial charge in [-0.1, -0.05) is 23.7 Å². The molecule has 0 atom stereocenters. The molecule has 0 saturated heterocycles. The third-order valence-corrected chi connectivity index (χ3v) is 1.94. The number of rotatable bonds is 1. The molecular formula is C8H7ClN2O. The zero-order valence-corrected chi connectivity index (χ0v) is 7.30. The van der Waals surface area contributed by atoms with Crippen molar-refractivity contribution in [3.8, 4) is 0 Å². The quantitative estimate of drug-likeness (QED) is 0.636. The van der Waals surface area contributed by atoms with Gasteiger partial charge in [-0.3, -0.25) is 0 Å². The first-order valence-electron chi connectivity index (χ1n) is 3.71. The molecule has 3 nitrogen and oxygen atoms in total. The van der Waals surface area contributed by atoms with Gasteiger partial charge in [0.2, 0.25) is 0 Å². The van der Waals surface area contributed by atoms with Crippen LogP contribution in [-0.2, 0) is 6.42 Å². The summed E-state index contributed by atoms with van der Waals surface area (Å²) in [6.07, 6.45) is 2.53. The summed E-state index contributed by atoms with van der Waals surface area (Å²) < 4.78 is 5.05.